The number of hydrogen-bond acceptors (Lipinski definition) is 3. The quantitative estimate of drug-likeness (QED) is 0.811. The molecule has 2 aromatic carbocycles. The molecule has 0 aliphatic carbocycles. The Morgan fingerprint density at radius 3 is 2.42 bits per heavy atom. The number of likely N-dealkylation sites (N-methyl/N-ethyl adjacent to an activating group) is 1. The fourth-order valence-electron chi connectivity index (χ4n) is 2.49. The van der Waals surface area contributed by atoms with Crippen LogP contribution < -0.4 is 9.47 Å². The van der Waals surface area contributed by atoms with Crippen LogP contribution in [0.15, 0.2) is 42.5 Å². The van der Waals surface area contributed by atoms with Crippen molar-refractivity contribution in [3.63, 3.8) is 0 Å². The minimum atomic E-state index is -0.534. The van der Waals surface area contributed by atoms with Gasteiger partial charge in [0.2, 0.25) is 0 Å². The maximum Gasteiger partial charge on any atom is 0.263 e. The second-order valence-electron chi connectivity index (χ2n) is 6.00. The molecule has 4 heteroatoms. The van der Waals surface area contributed by atoms with Gasteiger partial charge in [0.25, 0.3) is 5.91 Å². The minimum absolute atomic E-state index is 0.0493. The van der Waals surface area contributed by atoms with Crippen molar-refractivity contribution in [3.8, 4) is 11.5 Å². The number of aryl methyl sites for hydroxylation is 1. The van der Waals surface area contributed by atoms with Gasteiger partial charge < -0.3 is 14.4 Å². The van der Waals surface area contributed by atoms with E-state index < -0.39 is 6.10 Å². The first kappa shape index (κ1) is 17.9. The molecule has 4 nitrogen and oxygen atoms in total. The number of benzene rings is 2. The van der Waals surface area contributed by atoms with E-state index in [0.29, 0.717) is 6.54 Å². The van der Waals surface area contributed by atoms with E-state index in [4.69, 9.17) is 9.47 Å². The van der Waals surface area contributed by atoms with Crippen molar-refractivity contribution in [2.24, 2.45) is 0 Å². The molecule has 128 valence electrons. The third-order valence-corrected chi connectivity index (χ3v) is 4.16. The summed E-state index contributed by atoms with van der Waals surface area (Å²) in [5.74, 6) is 1.51. The Bertz CT molecular complexity index is 695. The van der Waals surface area contributed by atoms with Crippen LogP contribution in [-0.4, -0.2) is 31.1 Å². The van der Waals surface area contributed by atoms with Gasteiger partial charge in [-0.1, -0.05) is 24.3 Å². The first-order chi connectivity index (χ1) is 11.4. The molecule has 24 heavy (non-hydrogen) atoms. The molecule has 2 rings (SSSR count). The van der Waals surface area contributed by atoms with Gasteiger partial charge in [-0.05, 0) is 55.7 Å². The van der Waals surface area contributed by atoms with Gasteiger partial charge in [0.15, 0.2) is 6.10 Å². The number of carbonyl (C=O) groups is 1. The first-order valence-corrected chi connectivity index (χ1v) is 8.03. The molecule has 2 aromatic rings. The van der Waals surface area contributed by atoms with E-state index in [1.54, 1.807) is 26.0 Å². The van der Waals surface area contributed by atoms with Crippen molar-refractivity contribution >= 4 is 5.91 Å². The lowest BCUT2D eigenvalue weighted by Gasteiger charge is -2.23. The SMILES string of the molecule is COc1ccc(CN(C)C(=O)[C@H](C)Oc2cccc(C)c2C)cc1. The molecule has 0 heterocycles. The number of hydrogen-bond donors (Lipinski definition) is 0. The van der Waals surface area contributed by atoms with E-state index in [9.17, 15) is 4.79 Å². The van der Waals surface area contributed by atoms with E-state index in [-0.39, 0.29) is 5.91 Å². The molecule has 0 radical (unpaired) electrons. The number of amides is 1. The van der Waals surface area contributed by atoms with Crippen LogP contribution >= 0.6 is 0 Å². The van der Waals surface area contributed by atoms with E-state index >= 15 is 0 Å². The van der Waals surface area contributed by atoms with Crippen molar-refractivity contribution in [1.82, 2.24) is 4.90 Å². The van der Waals surface area contributed by atoms with E-state index in [1.807, 2.05) is 56.3 Å². The average molecular weight is 327 g/mol. The molecule has 1 amide bonds. The Morgan fingerprint density at radius 2 is 1.79 bits per heavy atom. The van der Waals surface area contributed by atoms with Crippen molar-refractivity contribution in [1.29, 1.82) is 0 Å². The lowest BCUT2D eigenvalue weighted by Crippen LogP contribution is -2.37. The highest BCUT2D eigenvalue weighted by Gasteiger charge is 2.20. The zero-order chi connectivity index (χ0) is 17.7. The molecule has 0 spiro atoms. The summed E-state index contributed by atoms with van der Waals surface area (Å²) in [6, 6.07) is 13.6. The van der Waals surface area contributed by atoms with Gasteiger partial charge in [0.05, 0.1) is 7.11 Å². The summed E-state index contributed by atoms with van der Waals surface area (Å²) < 4.78 is 11.0. The molecule has 0 bridgehead atoms. The van der Waals surface area contributed by atoms with E-state index in [2.05, 4.69) is 0 Å². The third kappa shape index (κ3) is 4.28. The topological polar surface area (TPSA) is 38.8 Å². The molecular formula is C20H25NO3. The summed E-state index contributed by atoms with van der Waals surface area (Å²) >= 11 is 0. The summed E-state index contributed by atoms with van der Waals surface area (Å²) in [7, 11) is 3.42. The maximum absolute atomic E-state index is 12.5. The Labute approximate surface area is 144 Å². The highest BCUT2D eigenvalue weighted by molar-refractivity contribution is 5.80. The predicted octanol–water partition coefficient (Wildman–Crippen LogP) is 3.74. The second kappa shape index (κ2) is 7.86. The number of rotatable bonds is 6. The molecule has 0 fully saturated rings. The van der Waals surface area contributed by atoms with Crippen LogP contribution in [0.25, 0.3) is 0 Å². The maximum atomic E-state index is 12.5. The smallest absolute Gasteiger partial charge is 0.263 e. The number of carbonyl (C=O) groups excluding carboxylic acids is 1. The fraction of sp³-hybridized carbons (Fsp3) is 0.350. The van der Waals surface area contributed by atoms with Gasteiger partial charge in [-0.15, -0.1) is 0 Å². The lowest BCUT2D eigenvalue weighted by atomic mass is 10.1. The van der Waals surface area contributed by atoms with E-state index in [1.165, 1.54) is 0 Å². The third-order valence-electron chi connectivity index (χ3n) is 4.16. The lowest BCUT2D eigenvalue weighted by molar-refractivity contribution is -0.137. The Kier molecular flexibility index (Phi) is 5.85. The van der Waals surface area contributed by atoms with Gasteiger partial charge in [-0.3, -0.25) is 4.79 Å². The molecule has 0 unspecified atom stereocenters. The van der Waals surface area contributed by atoms with Crippen molar-refractivity contribution < 1.29 is 14.3 Å². The molecule has 0 aliphatic heterocycles. The van der Waals surface area contributed by atoms with E-state index in [0.717, 1.165) is 28.2 Å². The zero-order valence-corrected chi connectivity index (χ0v) is 15.0. The molecule has 0 saturated carbocycles. The Morgan fingerprint density at radius 1 is 1.12 bits per heavy atom. The Hall–Kier alpha value is -2.49. The van der Waals surface area contributed by atoms with Crippen LogP contribution in [0.3, 0.4) is 0 Å². The summed E-state index contributed by atoms with van der Waals surface area (Å²) in [4.78, 5) is 14.2. The summed E-state index contributed by atoms with van der Waals surface area (Å²) in [5, 5.41) is 0. The largest absolute Gasteiger partial charge is 0.497 e. The van der Waals surface area contributed by atoms with Crippen LogP contribution in [-0.2, 0) is 11.3 Å². The van der Waals surface area contributed by atoms with Crippen molar-refractivity contribution in [3.05, 3.63) is 59.2 Å². The number of methoxy groups -OCH3 is 1. The van der Waals surface area contributed by atoms with Crippen LogP contribution in [0.5, 0.6) is 11.5 Å². The number of ether oxygens (including phenoxy) is 2. The van der Waals surface area contributed by atoms with Crippen LogP contribution in [0.4, 0.5) is 0 Å². The summed E-state index contributed by atoms with van der Waals surface area (Å²) in [6.07, 6.45) is -0.534. The summed E-state index contributed by atoms with van der Waals surface area (Å²) in [6.45, 7) is 6.35. The van der Waals surface area contributed by atoms with Gasteiger partial charge in [0, 0.05) is 13.6 Å². The van der Waals surface area contributed by atoms with Crippen molar-refractivity contribution in [2.45, 2.75) is 33.4 Å². The monoisotopic (exact) mass is 327 g/mol. The van der Waals surface area contributed by atoms with Gasteiger partial charge in [0.1, 0.15) is 11.5 Å². The first-order valence-electron chi connectivity index (χ1n) is 8.03. The zero-order valence-electron chi connectivity index (χ0n) is 15.0. The molecule has 0 aromatic heterocycles. The van der Waals surface area contributed by atoms with Crippen LogP contribution in [0.2, 0.25) is 0 Å². The van der Waals surface area contributed by atoms with Gasteiger partial charge in [-0.2, -0.15) is 0 Å². The predicted molar refractivity (Wildman–Crippen MR) is 95.5 cm³/mol. The normalized spacial score (nSPS) is 11.7. The molecule has 0 aliphatic rings. The van der Waals surface area contributed by atoms with Gasteiger partial charge in [-0.25, -0.2) is 0 Å². The number of nitrogens with zero attached hydrogens (tertiary/aromatic N) is 1. The standard InChI is InChI=1S/C20H25NO3/c1-14-7-6-8-19(15(14)2)24-16(3)20(22)21(4)13-17-9-11-18(23-5)12-10-17/h6-12,16H,13H2,1-5H3/t16-/m0/s1. The minimum Gasteiger partial charge on any atom is -0.497 e. The average Bonchev–Trinajstić information content (AvgIpc) is 2.58. The molecule has 0 saturated heterocycles. The molecular weight excluding hydrogens is 302 g/mol. The van der Waals surface area contributed by atoms with Crippen LogP contribution in [0.1, 0.15) is 23.6 Å². The molecule has 1 atom stereocenters. The molecule has 0 N–H and O–H groups in total. The summed E-state index contributed by atoms with van der Waals surface area (Å²) in [5.41, 5.74) is 3.26. The fourth-order valence-corrected chi connectivity index (χ4v) is 2.49. The van der Waals surface area contributed by atoms with Crippen LogP contribution in [0, 0.1) is 13.8 Å². The van der Waals surface area contributed by atoms with Gasteiger partial charge >= 0.3 is 0 Å². The second-order valence-corrected chi connectivity index (χ2v) is 6.00. The highest BCUT2D eigenvalue weighted by atomic mass is 16.5. The highest BCUT2D eigenvalue weighted by Crippen LogP contribution is 2.22. The van der Waals surface area contributed by atoms with Crippen molar-refractivity contribution in [2.75, 3.05) is 14.2 Å². The Balaban J connectivity index is 1.99.